The molecule has 8 atom stereocenters. The van der Waals surface area contributed by atoms with Crippen LogP contribution in [0.2, 0.25) is 0 Å². The molecule has 12 nitrogen and oxygen atoms in total. The van der Waals surface area contributed by atoms with Crippen molar-refractivity contribution >= 4 is 0 Å². The van der Waals surface area contributed by atoms with Crippen molar-refractivity contribution in [3.63, 3.8) is 0 Å². The first kappa shape index (κ1) is 65.0. The van der Waals surface area contributed by atoms with Gasteiger partial charge >= 0.3 is 0 Å². The summed E-state index contributed by atoms with van der Waals surface area (Å²) in [5.74, 6) is 0. The molecule has 0 saturated heterocycles. The summed E-state index contributed by atoms with van der Waals surface area (Å²) in [6.07, 6.45) is 35.0. The number of unbranched alkanes of at least 4 members (excludes halogenated alkanes) is 27. The molecular weight excluding hydrogens is 837 g/mol. The molecule has 394 valence electrons. The van der Waals surface area contributed by atoms with Gasteiger partial charge in [0.25, 0.3) is 0 Å². The number of hydrogen-bond acceptors (Lipinski definition) is 12. The van der Waals surface area contributed by atoms with Crippen LogP contribution in [0.1, 0.15) is 219 Å². The zero-order valence-corrected chi connectivity index (χ0v) is 42.6. The van der Waals surface area contributed by atoms with Gasteiger partial charge in [0, 0.05) is 13.1 Å². The second kappa shape index (κ2) is 47.7. The number of nitrogens with zero attached hydrogens (tertiary/aromatic N) is 2. The van der Waals surface area contributed by atoms with Crippen LogP contribution in [-0.4, -0.2) is 162 Å². The molecule has 0 rings (SSSR count). The maximum atomic E-state index is 10.8. The summed E-state index contributed by atoms with van der Waals surface area (Å²) in [6.45, 7) is 6.24. The van der Waals surface area contributed by atoms with Crippen LogP contribution in [-0.2, 0) is 0 Å². The highest BCUT2D eigenvalue weighted by Gasteiger charge is 2.32. The Kier molecular flexibility index (Phi) is 46.9. The van der Waals surface area contributed by atoms with Crippen molar-refractivity contribution in [2.24, 2.45) is 0 Å². The molecule has 0 bridgehead atoms. The lowest BCUT2D eigenvalue weighted by molar-refractivity contribution is -0.119. The standard InChI is InChI=1S/C54H108N2O10/c1-3-5-7-9-11-13-15-17-19-21-23-25-27-29-31-35-39-55(43-47(59)51(63)53(65)49(61)45-57)41-37-33-34-38-42-56(44-48(60)52(64)54(66)50(62)46-58)40-36-32-30-28-26-24-22-20-18-16-14-12-10-8-6-4-2/h15-18,47-54,57-66H,3-14,19-46H2,1-2H3/b17-15-,18-16-/t47-,48-,49+,50+,51+,52+,53+,54+/m0/s1. The fraction of sp³-hybridized carbons (Fsp3) is 0.926. The van der Waals surface area contributed by atoms with E-state index in [9.17, 15) is 51.1 Å². The molecular formula is C54H108N2O10. The van der Waals surface area contributed by atoms with Gasteiger partial charge < -0.3 is 60.9 Å². The minimum atomic E-state index is -1.65. The van der Waals surface area contributed by atoms with Crippen molar-refractivity contribution in [1.29, 1.82) is 0 Å². The van der Waals surface area contributed by atoms with Gasteiger partial charge in [-0.3, -0.25) is 0 Å². The van der Waals surface area contributed by atoms with Gasteiger partial charge in [-0.25, -0.2) is 0 Å². The smallest absolute Gasteiger partial charge is 0.111 e. The molecule has 0 spiro atoms. The van der Waals surface area contributed by atoms with E-state index in [1.54, 1.807) is 0 Å². The van der Waals surface area contributed by atoms with E-state index < -0.39 is 62.0 Å². The number of aliphatic hydroxyl groups excluding tert-OH is 10. The fourth-order valence-corrected chi connectivity index (χ4v) is 8.65. The van der Waals surface area contributed by atoms with Gasteiger partial charge in [-0.2, -0.15) is 0 Å². The van der Waals surface area contributed by atoms with E-state index in [1.165, 1.54) is 128 Å². The van der Waals surface area contributed by atoms with E-state index in [-0.39, 0.29) is 13.1 Å². The van der Waals surface area contributed by atoms with Crippen molar-refractivity contribution in [3.8, 4) is 0 Å². The minimum absolute atomic E-state index is 0.143. The van der Waals surface area contributed by atoms with Gasteiger partial charge in [0.1, 0.15) is 36.6 Å². The Balaban J connectivity index is 4.86. The molecule has 0 radical (unpaired) electrons. The highest BCUT2D eigenvalue weighted by molar-refractivity contribution is 4.85. The first-order valence-electron chi connectivity index (χ1n) is 27.4. The molecule has 0 fully saturated rings. The van der Waals surface area contributed by atoms with Crippen LogP contribution in [0.15, 0.2) is 24.3 Å². The third-order valence-corrected chi connectivity index (χ3v) is 13.2. The highest BCUT2D eigenvalue weighted by Crippen LogP contribution is 2.16. The Hall–Kier alpha value is -1.00. The average molecular weight is 945 g/mol. The normalized spacial score (nSPS) is 16.2. The lowest BCUT2D eigenvalue weighted by Gasteiger charge is -2.31. The Bertz CT molecular complexity index is 976. The number of allylic oxidation sites excluding steroid dienone is 4. The van der Waals surface area contributed by atoms with Crippen molar-refractivity contribution in [2.75, 3.05) is 52.5 Å². The van der Waals surface area contributed by atoms with E-state index in [4.69, 9.17) is 0 Å². The van der Waals surface area contributed by atoms with E-state index in [0.717, 1.165) is 90.1 Å². The van der Waals surface area contributed by atoms with Gasteiger partial charge in [0.2, 0.25) is 0 Å². The predicted molar refractivity (Wildman–Crippen MR) is 272 cm³/mol. The van der Waals surface area contributed by atoms with Crippen LogP contribution in [0.4, 0.5) is 0 Å². The molecule has 0 unspecified atom stereocenters. The molecule has 0 aromatic rings. The topological polar surface area (TPSA) is 209 Å². The Morgan fingerprint density at radius 1 is 0.288 bits per heavy atom. The third kappa shape index (κ3) is 37.8. The summed E-state index contributed by atoms with van der Waals surface area (Å²) in [7, 11) is 0. The Morgan fingerprint density at radius 2 is 0.500 bits per heavy atom. The average Bonchev–Trinajstić information content (AvgIpc) is 3.32. The third-order valence-electron chi connectivity index (χ3n) is 13.2. The summed E-state index contributed by atoms with van der Waals surface area (Å²) in [5.41, 5.74) is 0. The Morgan fingerprint density at radius 3 is 0.742 bits per heavy atom. The molecule has 0 aromatic heterocycles. The molecule has 0 aliphatic rings. The van der Waals surface area contributed by atoms with Crippen LogP contribution in [0, 0.1) is 0 Å². The van der Waals surface area contributed by atoms with E-state index in [0.29, 0.717) is 13.1 Å². The second-order valence-electron chi connectivity index (χ2n) is 19.5. The van der Waals surface area contributed by atoms with Crippen LogP contribution >= 0.6 is 0 Å². The van der Waals surface area contributed by atoms with Gasteiger partial charge in [0.15, 0.2) is 0 Å². The first-order chi connectivity index (χ1) is 32.0. The largest absolute Gasteiger partial charge is 0.394 e. The Labute approximate surface area is 404 Å². The van der Waals surface area contributed by atoms with Crippen LogP contribution in [0.3, 0.4) is 0 Å². The summed E-state index contributed by atoms with van der Waals surface area (Å²) in [4.78, 5) is 4.24. The van der Waals surface area contributed by atoms with Crippen LogP contribution in [0.5, 0.6) is 0 Å². The van der Waals surface area contributed by atoms with Crippen molar-refractivity contribution in [3.05, 3.63) is 24.3 Å². The zero-order valence-electron chi connectivity index (χ0n) is 42.6. The maximum absolute atomic E-state index is 10.8. The second-order valence-corrected chi connectivity index (χ2v) is 19.5. The molecule has 66 heavy (non-hydrogen) atoms. The summed E-state index contributed by atoms with van der Waals surface area (Å²) >= 11 is 0. The minimum Gasteiger partial charge on any atom is -0.394 e. The van der Waals surface area contributed by atoms with E-state index >= 15 is 0 Å². The molecule has 0 aliphatic heterocycles. The number of hydrogen-bond donors (Lipinski definition) is 10. The molecule has 10 N–H and O–H groups in total. The van der Waals surface area contributed by atoms with E-state index in [1.807, 2.05) is 0 Å². The molecule has 0 heterocycles. The van der Waals surface area contributed by atoms with Crippen molar-refractivity contribution in [2.45, 2.75) is 268 Å². The lowest BCUT2D eigenvalue weighted by Crippen LogP contribution is -2.50. The molecule has 0 saturated carbocycles. The van der Waals surface area contributed by atoms with Crippen LogP contribution in [0.25, 0.3) is 0 Å². The summed E-state index contributed by atoms with van der Waals surface area (Å²) < 4.78 is 0. The van der Waals surface area contributed by atoms with Gasteiger partial charge in [0.05, 0.1) is 25.4 Å². The lowest BCUT2D eigenvalue weighted by atomic mass is 10.0. The van der Waals surface area contributed by atoms with E-state index in [2.05, 4.69) is 48.0 Å². The highest BCUT2D eigenvalue weighted by atomic mass is 16.4. The molecule has 0 amide bonds. The van der Waals surface area contributed by atoms with Gasteiger partial charge in [-0.15, -0.1) is 0 Å². The summed E-state index contributed by atoms with van der Waals surface area (Å²) in [6, 6.07) is 0. The monoisotopic (exact) mass is 945 g/mol. The van der Waals surface area contributed by atoms with Gasteiger partial charge in [-0.1, -0.05) is 167 Å². The molecule has 0 aromatic carbocycles. The quantitative estimate of drug-likeness (QED) is 0.0207. The maximum Gasteiger partial charge on any atom is 0.111 e. The fourth-order valence-electron chi connectivity index (χ4n) is 8.65. The van der Waals surface area contributed by atoms with Crippen LogP contribution < -0.4 is 0 Å². The molecule has 12 heteroatoms. The van der Waals surface area contributed by atoms with Crippen molar-refractivity contribution in [1.82, 2.24) is 9.80 Å². The first-order valence-corrected chi connectivity index (χ1v) is 27.4. The van der Waals surface area contributed by atoms with Gasteiger partial charge in [-0.05, 0) is 103 Å². The van der Waals surface area contributed by atoms with Crippen molar-refractivity contribution < 1.29 is 51.1 Å². The zero-order chi connectivity index (χ0) is 48.9. The summed E-state index contributed by atoms with van der Waals surface area (Å²) in [5, 5.41) is 101. The predicted octanol–water partition coefficient (Wildman–Crippen LogP) is 8.10. The number of rotatable bonds is 51. The molecule has 0 aliphatic carbocycles. The SMILES string of the molecule is CCCCCCC/C=C\CCCCCCCCCN(CCCCCCN(CCCCCCCCC/C=C\CCCCCCC)C[C@H](O)[C@@H](O)[C@H](O)[C@H](O)CO)C[C@H](O)[C@@H](O)[C@H](O)[C@H](O)CO. The number of aliphatic hydroxyl groups is 10.